The van der Waals surface area contributed by atoms with Gasteiger partial charge >= 0.3 is 6.09 Å². The van der Waals surface area contributed by atoms with Crippen LogP contribution in [-0.2, 0) is 0 Å². The van der Waals surface area contributed by atoms with E-state index in [9.17, 15) is 4.79 Å². The Labute approximate surface area is 120 Å². The number of rotatable bonds is 1. The third kappa shape index (κ3) is 2.40. The van der Waals surface area contributed by atoms with Crippen LogP contribution in [0.2, 0.25) is 0 Å². The number of carbonyl (C=O) groups excluding carboxylic acids is 1. The predicted octanol–water partition coefficient (Wildman–Crippen LogP) is 2.74. The van der Waals surface area contributed by atoms with E-state index in [-0.39, 0.29) is 11.6 Å². The van der Waals surface area contributed by atoms with Crippen LogP contribution in [0.1, 0.15) is 27.2 Å². The van der Waals surface area contributed by atoms with Gasteiger partial charge in [0.2, 0.25) is 0 Å². The molecule has 0 aliphatic carbocycles. The predicted molar refractivity (Wildman–Crippen MR) is 77.8 cm³/mol. The van der Waals surface area contributed by atoms with Crippen LogP contribution >= 0.6 is 0 Å². The van der Waals surface area contributed by atoms with Gasteiger partial charge in [0.25, 0.3) is 0 Å². The normalized spacial score (nSPS) is 26.1. The molecule has 4 heteroatoms. The minimum absolute atomic E-state index is 0.173. The van der Waals surface area contributed by atoms with Gasteiger partial charge in [-0.25, -0.2) is 4.79 Å². The molecule has 4 rings (SSSR count). The maximum atomic E-state index is 12.2. The van der Waals surface area contributed by atoms with Gasteiger partial charge in [-0.1, -0.05) is 18.2 Å². The second-order valence-corrected chi connectivity index (χ2v) is 6.71. The first-order chi connectivity index (χ1) is 9.45. The quantitative estimate of drug-likeness (QED) is 0.789. The number of amides is 1. The fourth-order valence-corrected chi connectivity index (χ4v) is 3.10. The topological polar surface area (TPSA) is 32.8 Å². The average Bonchev–Trinajstić information content (AvgIpc) is 2.38. The Hall–Kier alpha value is -1.55. The van der Waals surface area contributed by atoms with Crippen molar-refractivity contribution in [2.24, 2.45) is 0 Å². The Balaban J connectivity index is 1.62. The van der Waals surface area contributed by atoms with Gasteiger partial charge in [0.15, 0.2) is 0 Å². The van der Waals surface area contributed by atoms with Gasteiger partial charge in [0.1, 0.15) is 5.75 Å². The van der Waals surface area contributed by atoms with Crippen LogP contribution < -0.4 is 4.74 Å². The molecule has 3 aliphatic rings. The van der Waals surface area contributed by atoms with Crippen LogP contribution in [0.25, 0.3) is 0 Å². The summed E-state index contributed by atoms with van der Waals surface area (Å²) in [5.74, 6) is 0.621. The molecule has 2 atom stereocenters. The number of piperazine rings is 1. The number of benzene rings is 1. The Morgan fingerprint density at radius 3 is 2.30 bits per heavy atom. The fraction of sp³-hybridized carbons (Fsp3) is 0.562. The third-order valence-electron chi connectivity index (χ3n) is 4.30. The van der Waals surface area contributed by atoms with Crippen LogP contribution in [0, 0.1) is 0 Å². The zero-order valence-electron chi connectivity index (χ0n) is 12.4. The van der Waals surface area contributed by atoms with Crippen LogP contribution in [0.3, 0.4) is 0 Å². The van der Waals surface area contributed by atoms with E-state index in [1.54, 1.807) is 0 Å². The number of piperidine rings is 1. The molecule has 108 valence electrons. The van der Waals surface area contributed by atoms with Gasteiger partial charge in [0.05, 0.1) is 12.1 Å². The maximum Gasteiger partial charge on any atom is 0.415 e. The monoisotopic (exact) mass is 274 g/mol. The molecule has 0 N–H and O–H groups in total. The largest absolute Gasteiger partial charge is 0.415 e. The number of fused-ring (bicyclic) bond motifs is 2. The van der Waals surface area contributed by atoms with Crippen molar-refractivity contribution in [3.8, 4) is 5.75 Å². The minimum atomic E-state index is -0.203. The van der Waals surface area contributed by atoms with Crippen molar-refractivity contribution in [3.05, 3.63) is 30.3 Å². The van der Waals surface area contributed by atoms with Crippen molar-refractivity contribution in [1.82, 2.24) is 9.80 Å². The summed E-state index contributed by atoms with van der Waals surface area (Å²) in [6.45, 7) is 8.58. The molecule has 3 heterocycles. The summed E-state index contributed by atoms with van der Waals surface area (Å²) in [4.78, 5) is 16.6. The van der Waals surface area contributed by atoms with Gasteiger partial charge in [-0.2, -0.15) is 0 Å². The van der Waals surface area contributed by atoms with Gasteiger partial charge in [-0.05, 0) is 39.3 Å². The van der Waals surface area contributed by atoms with Gasteiger partial charge < -0.3 is 4.74 Å². The highest BCUT2D eigenvalue weighted by atomic mass is 16.6. The molecule has 3 saturated heterocycles. The molecule has 1 aromatic rings. The second kappa shape index (κ2) is 4.77. The van der Waals surface area contributed by atoms with E-state index in [0.29, 0.717) is 17.8 Å². The van der Waals surface area contributed by atoms with E-state index >= 15 is 0 Å². The lowest BCUT2D eigenvalue weighted by Crippen LogP contribution is -2.72. The third-order valence-corrected chi connectivity index (χ3v) is 4.30. The molecular formula is C16H22N2O2. The standard InChI is InChI=1S/C16H22N2O2/c1-16(2,3)17-10-12-9-13(11-17)18(12)15(19)20-14-7-5-4-6-8-14/h4-8,12-13H,9-11H2,1-3H3. The van der Waals surface area contributed by atoms with E-state index in [0.717, 1.165) is 19.5 Å². The Morgan fingerprint density at radius 1 is 1.15 bits per heavy atom. The number of carbonyl (C=O) groups is 1. The molecule has 0 aromatic heterocycles. The number of para-hydroxylation sites is 1. The van der Waals surface area contributed by atoms with E-state index in [1.807, 2.05) is 35.2 Å². The van der Waals surface area contributed by atoms with Crippen LogP contribution in [0.15, 0.2) is 30.3 Å². The molecule has 2 unspecified atom stereocenters. The summed E-state index contributed by atoms with van der Waals surface area (Å²) in [5.41, 5.74) is 0.173. The maximum absolute atomic E-state index is 12.2. The molecule has 20 heavy (non-hydrogen) atoms. The molecule has 3 aliphatic heterocycles. The SMILES string of the molecule is CC(C)(C)N1CC2CC(C1)N2C(=O)Oc1ccccc1. The number of ether oxygens (including phenoxy) is 1. The molecule has 0 radical (unpaired) electrons. The Bertz CT molecular complexity index is 483. The number of hydrogen-bond donors (Lipinski definition) is 0. The van der Waals surface area contributed by atoms with E-state index in [1.165, 1.54) is 0 Å². The van der Waals surface area contributed by atoms with Gasteiger partial charge in [-0.15, -0.1) is 0 Å². The first-order valence-corrected chi connectivity index (χ1v) is 7.25. The molecule has 1 amide bonds. The molecule has 3 fully saturated rings. The fourth-order valence-electron chi connectivity index (χ4n) is 3.10. The van der Waals surface area contributed by atoms with Crippen molar-refractivity contribution in [2.45, 2.75) is 44.8 Å². The summed E-state index contributed by atoms with van der Waals surface area (Å²) < 4.78 is 5.44. The van der Waals surface area contributed by atoms with Crippen molar-refractivity contribution in [2.75, 3.05) is 13.1 Å². The van der Waals surface area contributed by atoms with Crippen molar-refractivity contribution in [3.63, 3.8) is 0 Å². The lowest BCUT2D eigenvalue weighted by atomic mass is 9.85. The van der Waals surface area contributed by atoms with Crippen LogP contribution in [0.4, 0.5) is 4.79 Å². The van der Waals surface area contributed by atoms with Crippen LogP contribution in [0.5, 0.6) is 5.75 Å². The Kier molecular flexibility index (Phi) is 3.21. The number of hydrogen-bond acceptors (Lipinski definition) is 3. The first kappa shape index (κ1) is 13.4. The molecule has 4 nitrogen and oxygen atoms in total. The van der Waals surface area contributed by atoms with E-state index in [4.69, 9.17) is 4.74 Å². The van der Waals surface area contributed by atoms with E-state index < -0.39 is 0 Å². The smallest absolute Gasteiger partial charge is 0.410 e. The summed E-state index contributed by atoms with van der Waals surface area (Å²) in [6.07, 6.45) is 0.905. The van der Waals surface area contributed by atoms with Crippen molar-refractivity contribution < 1.29 is 9.53 Å². The zero-order valence-corrected chi connectivity index (χ0v) is 12.4. The number of nitrogens with zero attached hydrogens (tertiary/aromatic N) is 2. The first-order valence-electron chi connectivity index (χ1n) is 7.25. The molecule has 0 saturated carbocycles. The average molecular weight is 274 g/mol. The minimum Gasteiger partial charge on any atom is -0.410 e. The lowest BCUT2D eigenvalue weighted by Gasteiger charge is -2.58. The van der Waals surface area contributed by atoms with Gasteiger partial charge in [0, 0.05) is 18.6 Å². The van der Waals surface area contributed by atoms with Gasteiger partial charge in [-0.3, -0.25) is 9.80 Å². The Morgan fingerprint density at radius 2 is 1.75 bits per heavy atom. The molecule has 1 aromatic carbocycles. The van der Waals surface area contributed by atoms with Crippen molar-refractivity contribution >= 4 is 6.09 Å². The summed E-state index contributed by atoms with van der Waals surface area (Å²) in [6, 6.07) is 9.91. The molecule has 2 bridgehead atoms. The lowest BCUT2D eigenvalue weighted by molar-refractivity contribution is -0.0757. The van der Waals surface area contributed by atoms with E-state index in [2.05, 4.69) is 25.7 Å². The highest BCUT2D eigenvalue weighted by Crippen LogP contribution is 2.35. The zero-order chi connectivity index (χ0) is 14.3. The highest BCUT2D eigenvalue weighted by molar-refractivity contribution is 5.72. The molecule has 0 spiro atoms. The summed E-state index contributed by atoms with van der Waals surface area (Å²) in [5, 5.41) is 0. The summed E-state index contributed by atoms with van der Waals surface area (Å²) in [7, 11) is 0. The van der Waals surface area contributed by atoms with Crippen molar-refractivity contribution in [1.29, 1.82) is 0 Å². The highest BCUT2D eigenvalue weighted by Gasteiger charge is 2.49. The second-order valence-electron chi connectivity index (χ2n) is 6.71. The van der Waals surface area contributed by atoms with Crippen LogP contribution in [-0.4, -0.2) is 46.6 Å². The molecular weight excluding hydrogens is 252 g/mol. The summed E-state index contributed by atoms with van der Waals surface area (Å²) >= 11 is 0.